The zero-order valence-electron chi connectivity index (χ0n) is 9.34. The zero-order valence-corrected chi connectivity index (χ0v) is 10.9. The lowest BCUT2D eigenvalue weighted by molar-refractivity contribution is 0.296. The molecule has 2 rings (SSSR count). The second-order valence-corrected chi connectivity index (χ2v) is 4.46. The summed E-state index contributed by atoms with van der Waals surface area (Å²) >= 11 is 3.40. The highest BCUT2D eigenvalue weighted by atomic mass is 79.9. The van der Waals surface area contributed by atoms with Crippen molar-refractivity contribution in [2.24, 2.45) is 5.73 Å². The van der Waals surface area contributed by atoms with Crippen molar-refractivity contribution < 1.29 is 4.74 Å². The second kappa shape index (κ2) is 5.84. The topological polar surface area (TPSA) is 53.1 Å². The summed E-state index contributed by atoms with van der Waals surface area (Å²) in [5.41, 5.74) is 5.57. The number of nitrogens with zero attached hydrogens (tertiary/aromatic N) is 2. The molecule has 4 nitrogen and oxygen atoms in total. The Kier molecular flexibility index (Phi) is 4.17. The second-order valence-electron chi connectivity index (χ2n) is 3.55. The van der Waals surface area contributed by atoms with Crippen molar-refractivity contribution in [3.63, 3.8) is 0 Å². The van der Waals surface area contributed by atoms with Crippen molar-refractivity contribution in [2.45, 2.75) is 13.1 Å². The number of rotatable bonds is 5. The summed E-state index contributed by atoms with van der Waals surface area (Å²) in [5.74, 6) is 1.73. The molecule has 0 fully saturated rings. The van der Waals surface area contributed by atoms with Gasteiger partial charge in [0.15, 0.2) is 0 Å². The van der Waals surface area contributed by atoms with E-state index in [1.165, 1.54) is 0 Å². The Morgan fingerprint density at radius 3 is 3.06 bits per heavy atom. The van der Waals surface area contributed by atoms with Gasteiger partial charge in [-0.1, -0.05) is 22.0 Å². The summed E-state index contributed by atoms with van der Waals surface area (Å²) in [6, 6.07) is 7.79. The lowest BCUT2D eigenvalue weighted by Gasteiger charge is -2.08. The van der Waals surface area contributed by atoms with E-state index in [-0.39, 0.29) is 0 Å². The first-order valence-electron chi connectivity index (χ1n) is 5.38. The third-order valence-electron chi connectivity index (χ3n) is 2.38. The molecule has 0 saturated carbocycles. The fourth-order valence-electron chi connectivity index (χ4n) is 1.55. The van der Waals surface area contributed by atoms with E-state index in [0.29, 0.717) is 13.2 Å². The molecule has 0 aliphatic carbocycles. The quantitative estimate of drug-likeness (QED) is 0.920. The van der Waals surface area contributed by atoms with Gasteiger partial charge in [-0.15, -0.1) is 0 Å². The lowest BCUT2D eigenvalue weighted by Crippen LogP contribution is -2.12. The average Bonchev–Trinajstić information content (AvgIpc) is 2.77. The van der Waals surface area contributed by atoms with E-state index in [1.54, 1.807) is 6.20 Å². The van der Waals surface area contributed by atoms with E-state index >= 15 is 0 Å². The molecule has 2 aromatic rings. The van der Waals surface area contributed by atoms with Gasteiger partial charge in [0.1, 0.15) is 18.2 Å². The van der Waals surface area contributed by atoms with Crippen LogP contribution in [0.25, 0.3) is 0 Å². The molecule has 0 aliphatic heterocycles. The summed E-state index contributed by atoms with van der Waals surface area (Å²) < 4.78 is 8.65. The molecule has 0 radical (unpaired) electrons. The van der Waals surface area contributed by atoms with Crippen LogP contribution in [0.1, 0.15) is 5.82 Å². The van der Waals surface area contributed by atoms with Crippen molar-refractivity contribution in [1.29, 1.82) is 0 Å². The van der Waals surface area contributed by atoms with Crippen LogP contribution in [0.2, 0.25) is 0 Å². The SMILES string of the molecule is NCc1nccn1CCOc1cccc(Br)c1. The average molecular weight is 296 g/mol. The van der Waals surface area contributed by atoms with Crippen molar-refractivity contribution in [2.75, 3.05) is 6.61 Å². The van der Waals surface area contributed by atoms with Crippen molar-refractivity contribution in [3.05, 3.63) is 47.0 Å². The minimum Gasteiger partial charge on any atom is -0.492 e. The normalized spacial score (nSPS) is 10.5. The minimum atomic E-state index is 0.448. The van der Waals surface area contributed by atoms with Crippen molar-refractivity contribution >= 4 is 15.9 Å². The number of aromatic nitrogens is 2. The van der Waals surface area contributed by atoms with E-state index in [1.807, 2.05) is 35.0 Å². The van der Waals surface area contributed by atoms with E-state index in [0.717, 1.165) is 22.6 Å². The zero-order chi connectivity index (χ0) is 12.1. The van der Waals surface area contributed by atoms with E-state index in [4.69, 9.17) is 10.5 Å². The highest BCUT2D eigenvalue weighted by Gasteiger charge is 2.00. The molecule has 0 amide bonds. The van der Waals surface area contributed by atoms with Crippen molar-refractivity contribution in [3.8, 4) is 5.75 Å². The highest BCUT2D eigenvalue weighted by molar-refractivity contribution is 9.10. The predicted molar refractivity (Wildman–Crippen MR) is 69.8 cm³/mol. The van der Waals surface area contributed by atoms with E-state index in [2.05, 4.69) is 20.9 Å². The van der Waals surface area contributed by atoms with Gasteiger partial charge >= 0.3 is 0 Å². The summed E-state index contributed by atoms with van der Waals surface area (Å²) in [7, 11) is 0. The molecule has 90 valence electrons. The molecule has 2 N–H and O–H groups in total. The van der Waals surface area contributed by atoms with Gasteiger partial charge in [-0.25, -0.2) is 4.98 Å². The molecule has 0 bridgehead atoms. The predicted octanol–water partition coefficient (Wildman–Crippen LogP) is 2.18. The molecule has 0 atom stereocenters. The summed E-state index contributed by atoms with van der Waals surface area (Å²) in [4.78, 5) is 4.15. The van der Waals surface area contributed by atoms with Crippen LogP contribution >= 0.6 is 15.9 Å². The smallest absolute Gasteiger partial charge is 0.122 e. The summed E-state index contributed by atoms with van der Waals surface area (Å²) in [5, 5.41) is 0. The molecule has 0 spiro atoms. The number of halogens is 1. The largest absolute Gasteiger partial charge is 0.492 e. The molecule has 0 saturated heterocycles. The minimum absolute atomic E-state index is 0.448. The number of hydrogen-bond acceptors (Lipinski definition) is 3. The van der Waals surface area contributed by atoms with Gasteiger partial charge in [-0.05, 0) is 18.2 Å². The van der Waals surface area contributed by atoms with Crippen LogP contribution in [-0.2, 0) is 13.1 Å². The van der Waals surface area contributed by atoms with Crippen LogP contribution in [0.5, 0.6) is 5.75 Å². The van der Waals surface area contributed by atoms with E-state index < -0.39 is 0 Å². The molecular weight excluding hydrogens is 282 g/mol. The summed E-state index contributed by atoms with van der Waals surface area (Å²) in [6.07, 6.45) is 3.66. The maximum absolute atomic E-state index is 5.64. The maximum atomic E-state index is 5.64. The Balaban J connectivity index is 1.87. The number of hydrogen-bond donors (Lipinski definition) is 1. The van der Waals surface area contributed by atoms with Gasteiger partial charge in [0, 0.05) is 16.9 Å². The standard InChI is InChI=1S/C12H14BrN3O/c13-10-2-1-3-11(8-10)17-7-6-16-5-4-15-12(16)9-14/h1-5,8H,6-7,9,14H2. The Hall–Kier alpha value is -1.33. The van der Waals surface area contributed by atoms with Crippen LogP contribution in [0.15, 0.2) is 41.1 Å². The molecule has 17 heavy (non-hydrogen) atoms. The van der Waals surface area contributed by atoms with Crippen LogP contribution in [-0.4, -0.2) is 16.2 Å². The molecule has 1 heterocycles. The Morgan fingerprint density at radius 2 is 2.29 bits per heavy atom. The van der Waals surface area contributed by atoms with Gasteiger partial charge in [0.25, 0.3) is 0 Å². The van der Waals surface area contributed by atoms with Gasteiger partial charge in [-0.3, -0.25) is 0 Å². The maximum Gasteiger partial charge on any atom is 0.122 e. The number of benzene rings is 1. The molecule has 0 aliphatic rings. The molecular formula is C12H14BrN3O. The van der Waals surface area contributed by atoms with Gasteiger partial charge in [-0.2, -0.15) is 0 Å². The first-order chi connectivity index (χ1) is 8.29. The van der Waals surface area contributed by atoms with Crippen LogP contribution in [0.4, 0.5) is 0 Å². The van der Waals surface area contributed by atoms with Gasteiger partial charge in [0.2, 0.25) is 0 Å². The van der Waals surface area contributed by atoms with Gasteiger partial charge in [0.05, 0.1) is 13.1 Å². The highest BCUT2D eigenvalue weighted by Crippen LogP contribution is 2.17. The Bertz CT molecular complexity index is 484. The summed E-state index contributed by atoms with van der Waals surface area (Å²) in [6.45, 7) is 1.79. The van der Waals surface area contributed by atoms with Crippen LogP contribution in [0.3, 0.4) is 0 Å². The first-order valence-corrected chi connectivity index (χ1v) is 6.17. The molecule has 0 unspecified atom stereocenters. The molecule has 1 aromatic carbocycles. The van der Waals surface area contributed by atoms with Crippen molar-refractivity contribution in [1.82, 2.24) is 9.55 Å². The number of nitrogens with two attached hydrogens (primary N) is 1. The third kappa shape index (κ3) is 3.31. The fourth-order valence-corrected chi connectivity index (χ4v) is 1.93. The third-order valence-corrected chi connectivity index (χ3v) is 2.87. The van der Waals surface area contributed by atoms with E-state index in [9.17, 15) is 0 Å². The van der Waals surface area contributed by atoms with Gasteiger partial charge < -0.3 is 15.0 Å². The van der Waals surface area contributed by atoms with Crippen LogP contribution < -0.4 is 10.5 Å². The number of imidazole rings is 1. The number of ether oxygens (including phenoxy) is 1. The molecule has 1 aromatic heterocycles. The monoisotopic (exact) mass is 295 g/mol. The van der Waals surface area contributed by atoms with Crippen LogP contribution in [0, 0.1) is 0 Å². The lowest BCUT2D eigenvalue weighted by atomic mass is 10.3. The fraction of sp³-hybridized carbons (Fsp3) is 0.250. The Labute approximate surface area is 109 Å². The Morgan fingerprint density at radius 1 is 1.41 bits per heavy atom. The molecule has 5 heteroatoms. The first kappa shape index (κ1) is 12.1.